The third-order valence-corrected chi connectivity index (χ3v) is 4.38. The highest BCUT2D eigenvalue weighted by Gasteiger charge is 2.19. The van der Waals surface area contributed by atoms with Crippen molar-refractivity contribution in [3.63, 3.8) is 0 Å². The zero-order valence-electron chi connectivity index (χ0n) is 13.1. The van der Waals surface area contributed by atoms with Crippen LogP contribution in [0.3, 0.4) is 0 Å². The first-order chi connectivity index (χ1) is 11.4. The van der Waals surface area contributed by atoms with E-state index in [1.165, 1.54) is 5.56 Å². The highest BCUT2D eigenvalue weighted by atomic mass is 15.3. The largest absolute Gasteiger partial charge is 0.338 e. The van der Waals surface area contributed by atoms with Crippen LogP contribution in [0.2, 0.25) is 0 Å². The van der Waals surface area contributed by atoms with Crippen molar-refractivity contribution in [2.75, 3.05) is 31.1 Å². The van der Waals surface area contributed by atoms with Gasteiger partial charge in [0.2, 0.25) is 5.95 Å². The second-order valence-corrected chi connectivity index (χ2v) is 5.98. The Bertz CT molecular complexity index is 779. The lowest BCUT2D eigenvalue weighted by atomic mass is 10.2. The molecule has 1 aromatic heterocycles. The van der Waals surface area contributed by atoms with Gasteiger partial charge in [-0.25, -0.2) is 9.97 Å². The standard InChI is InChI=1S/C19H20N4/c1-2-6-16(7-3-1)15-22-10-12-23(13-11-22)19-20-14-17-8-4-5-9-18(17)21-19/h1-9,14H,10-13,15H2. The molecule has 116 valence electrons. The van der Waals surface area contributed by atoms with Gasteiger partial charge in [0.15, 0.2) is 0 Å². The maximum atomic E-state index is 4.70. The van der Waals surface area contributed by atoms with Crippen LogP contribution in [0.4, 0.5) is 5.95 Å². The molecule has 4 nitrogen and oxygen atoms in total. The molecule has 1 fully saturated rings. The number of nitrogens with zero attached hydrogens (tertiary/aromatic N) is 4. The second-order valence-electron chi connectivity index (χ2n) is 5.98. The van der Waals surface area contributed by atoms with Gasteiger partial charge in [-0.15, -0.1) is 0 Å². The van der Waals surface area contributed by atoms with Gasteiger partial charge in [0, 0.05) is 44.3 Å². The van der Waals surface area contributed by atoms with E-state index in [1.54, 1.807) is 0 Å². The molecule has 1 saturated heterocycles. The zero-order chi connectivity index (χ0) is 15.5. The molecule has 23 heavy (non-hydrogen) atoms. The summed E-state index contributed by atoms with van der Waals surface area (Å²) in [4.78, 5) is 14.0. The van der Waals surface area contributed by atoms with E-state index in [0.717, 1.165) is 49.6 Å². The van der Waals surface area contributed by atoms with Crippen molar-refractivity contribution in [1.82, 2.24) is 14.9 Å². The lowest BCUT2D eigenvalue weighted by Crippen LogP contribution is -2.46. The quantitative estimate of drug-likeness (QED) is 0.745. The number of hydrogen-bond donors (Lipinski definition) is 0. The molecular formula is C19H20N4. The second kappa shape index (κ2) is 6.34. The molecule has 0 saturated carbocycles. The fourth-order valence-electron chi connectivity index (χ4n) is 3.06. The molecule has 2 aromatic carbocycles. The molecular weight excluding hydrogens is 284 g/mol. The number of para-hydroxylation sites is 1. The molecule has 0 spiro atoms. The van der Waals surface area contributed by atoms with Crippen molar-refractivity contribution in [2.45, 2.75) is 6.54 Å². The van der Waals surface area contributed by atoms with Gasteiger partial charge in [-0.2, -0.15) is 0 Å². The maximum absolute atomic E-state index is 4.70. The number of benzene rings is 2. The molecule has 4 rings (SSSR count). The summed E-state index contributed by atoms with van der Waals surface area (Å²) in [5, 5.41) is 1.10. The van der Waals surface area contributed by atoms with Crippen molar-refractivity contribution >= 4 is 16.9 Å². The van der Waals surface area contributed by atoms with Crippen LogP contribution in [0, 0.1) is 0 Å². The Morgan fingerprint density at radius 3 is 2.39 bits per heavy atom. The smallest absolute Gasteiger partial charge is 0.225 e. The van der Waals surface area contributed by atoms with Gasteiger partial charge in [-0.1, -0.05) is 48.5 Å². The number of fused-ring (bicyclic) bond motifs is 1. The molecule has 4 heteroatoms. The van der Waals surface area contributed by atoms with E-state index in [4.69, 9.17) is 4.98 Å². The maximum Gasteiger partial charge on any atom is 0.225 e. The summed E-state index contributed by atoms with van der Waals surface area (Å²) in [6.45, 7) is 5.07. The highest BCUT2D eigenvalue weighted by Crippen LogP contribution is 2.17. The van der Waals surface area contributed by atoms with E-state index < -0.39 is 0 Å². The van der Waals surface area contributed by atoms with Gasteiger partial charge < -0.3 is 4.90 Å². The van der Waals surface area contributed by atoms with Gasteiger partial charge in [0.05, 0.1) is 5.52 Å². The van der Waals surface area contributed by atoms with E-state index in [1.807, 2.05) is 24.4 Å². The van der Waals surface area contributed by atoms with Gasteiger partial charge in [-0.05, 0) is 11.6 Å². The van der Waals surface area contributed by atoms with Crippen LogP contribution in [0.1, 0.15) is 5.56 Å². The minimum Gasteiger partial charge on any atom is -0.338 e. The van der Waals surface area contributed by atoms with E-state index in [-0.39, 0.29) is 0 Å². The van der Waals surface area contributed by atoms with Gasteiger partial charge in [0.25, 0.3) is 0 Å². The Morgan fingerprint density at radius 2 is 1.57 bits per heavy atom. The van der Waals surface area contributed by atoms with Crippen LogP contribution < -0.4 is 4.90 Å². The van der Waals surface area contributed by atoms with Crippen molar-refractivity contribution in [3.8, 4) is 0 Å². The number of aromatic nitrogens is 2. The van der Waals surface area contributed by atoms with E-state index >= 15 is 0 Å². The summed E-state index contributed by atoms with van der Waals surface area (Å²) >= 11 is 0. The Hall–Kier alpha value is -2.46. The van der Waals surface area contributed by atoms with E-state index in [0.29, 0.717) is 0 Å². The third-order valence-electron chi connectivity index (χ3n) is 4.38. The van der Waals surface area contributed by atoms with Crippen molar-refractivity contribution in [3.05, 3.63) is 66.4 Å². The summed E-state index contributed by atoms with van der Waals surface area (Å²) in [6, 6.07) is 18.8. The highest BCUT2D eigenvalue weighted by molar-refractivity contribution is 5.78. The predicted molar refractivity (Wildman–Crippen MR) is 93.5 cm³/mol. The number of piperazine rings is 1. The Balaban J connectivity index is 1.42. The van der Waals surface area contributed by atoms with Crippen LogP contribution >= 0.6 is 0 Å². The van der Waals surface area contributed by atoms with Crippen molar-refractivity contribution in [1.29, 1.82) is 0 Å². The number of anilines is 1. The molecule has 1 aliphatic rings. The Kier molecular flexibility index (Phi) is 3.90. The van der Waals surface area contributed by atoms with Crippen molar-refractivity contribution < 1.29 is 0 Å². The van der Waals surface area contributed by atoms with Crippen LogP contribution in [0.15, 0.2) is 60.8 Å². The molecule has 1 aliphatic heterocycles. The normalized spacial score (nSPS) is 15.9. The zero-order valence-corrected chi connectivity index (χ0v) is 13.1. The predicted octanol–water partition coefficient (Wildman–Crippen LogP) is 2.95. The lowest BCUT2D eigenvalue weighted by Gasteiger charge is -2.34. The summed E-state index contributed by atoms with van der Waals surface area (Å²) in [7, 11) is 0. The van der Waals surface area contributed by atoms with Crippen LogP contribution in [-0.2, 0) is 6.54 Å². The molecule has 2 heterocycles. The summed E-state index contributed by atoms with van der Waals surface area (Å²) in [5.41, 5.74) is 2.40. The number of rotatable bonds is 3. The van der Waals surface area contributed by atoms with E-state index in [9.17, 15) is 0 Å². The molecule has 0 unspecified atom stereocenters. The van der Waals surface area contributed by atoms with Crippen LogP contribution in [0.5, 0.6) is 0 Å². The first-order valence-electron chi connectivity index (χ1n) is 8.11. The molecule has 3 aromatic rings. The first kappa shape index (κ1) is 14.2. The SMILES string of the molecule is c1ccc(CN2CCN(c3ncc4ccccc4n3)CC2)cc1. The Morgan fingerprint density at radius 1 is 0.826 bits per heavy atom. The average Bonchev–Trinajstić information content (AvgIpc) is 2.63. The Labute approximate surface area is 136 Å². The average molecular weight is 304 g/mol. The molecule has 0 aliphatic carbocycles. The minimum atomic E-state index is 0.850. The fraction of sp³-hybridized carbons (Fsp3) is 0.263. The minimum absolute atomic E-state index is 0.850. The topological polar surface area (TPSA) is 32.3 Å². The van der Waals surface area contributed by atoms with Gasteiger partial charge >= 0.3 is 0 Å². The molecule has 0 amide bonds. The summed E-state index contributed by atoms with van der Waals surface area (Å²) < 4.78 is 0. The van der Waals surface area contributed by atoms with Gasteiger partial charge in [0.1, 0.15) is 0 Å². The van der Waals surface area contributed by atoms with Crippen LogP contribution in [-0.4, -0.2) is 41.0 Å². The van der Waals surface area contributed by atoms with Crippen LogP contribution in [0.25, 0.3) is 10.9 Å². The first-order valence-corrected chi connectivity index (χ1v) is 8.11. The molecule has 0 bridgehead atoms. The molecule has 0 N–H and O–H groups in total. The number of hydrogen-bond acceptors (Lipinski definition) is 4. The lowest BCUT2D eigenvalue weighted by molar-refractivity contribution is 0.249. The molecule has 0 atom stereocenters. The summed E-state index contributed by atoms with van der Waals surface area (Å²) in [5.74, 6) is 0.850. The van der Waals surface area contributed by atoms with Crippen molar-refractivity contribution in [2.24, 2.45) is 0 Å². The third kappa shape index (κ3) is 3.17. The monoisotopic (exact) mass is 304 g/mol. The fourth-order valence-corrected chi connectivity index (χ4v) is 3.06. The van der Waals surface area contributed by atoms with Gasteiger partial charge in [-0.3, -0.25) is 4.90 Å². The molecule has 0 radical (unpaired) electrons. The van der Waals surface area contributed by atoms with E-state index in [2.05, 4.69) is 51.2 Å². The summed E-state index contributed by atoms with van der Waals surface area (Å²) in [6.07, 6.45) is 1.92.